The van der Waals surface area contributed by atoms with Crippen molar-refractivity contribution >= 4 is 17.5 Å². The number of imidazole rings is 1. The van der Waals surface area contributed by atoms with Gasteiger partial charge < -0.3 is 10.6 Å². The highest BCUT2D eigenvalue weighted by atomic mass is 19.4. The van der Waals surface area contributed by atoms with Gasteiger partial charge in [-0.3, -0.25) is 9.59 Å². The van der Waals surface area contributed by atoms with Crippen LogP contribution >= 0.6 is 0 Å². The lowest BCUT2D eigenvalue weighted by Gasteiger charge is -2.33. The molecule has 2 aliphatic rings. The average Bonchev–Trinajstić information content (AvgIpc) is 3.71. The summed E-state index contributed by atoms with van der Waals surface area (Å²) < 4.78 is 93.6. The van der Waals surface area contributed by atoms with Crippen LogP contribution in [0.1, 0.15) is 97.1 Å². The second kappa shape index (κ2) is 12.1. The molecule has 0 radical (unpaired) electrons. The minimum atomic E-state index is -4.45. The number of hydrogen-bond acceptors (Lipinski definition) is 4. The molecule has 0 bridgehead atoms. The summed E-state index contributed by atoms with van der Waals surface area (Å²) in [5, 5.41) is 9.84. The summed E-state index contributed by atoms with van der Waals surface area (Å²) in [6.07, 6.45) is -5.15. The molecule has 2 atom stereocenters. The van der Waals surface area contributed by atoms with Crippen molar-refractivity contribution in [1.29, 1.82) is 0 Å². The summed E-state index contributed by atoms with van der Waals surface area (Å²) in [5.41, 5.74) is 0.857. The second-order valence-electron chi connectivity index (χ2n) is 11.3. The molecule has 0 aliphatic heterocycles. The van der Waals surface area contributed by atoms with Crippen LogP contribution in [0.4, 0.5) is 30.7 Å². The lowest BCUT2D eigenvalue weighted by Crippen LogP contribution is -2.37. The first-order chi connectivity index (χ1) is 20.3. The zero-order chi connectivity index (χ0) is 30.9. The Balaban J connectivity index is 1.40. The van der Waals surface area contributed by atoms with Gasteiger partial charge in [-0.1, -0.05) is 12.1 Å². The number of hydrogen-bond donors (Lipinski definition) is 2. The van der Waals surface area contributed by atoms with Gasteiger partial charge in [-0.2, -0.15) is 18.3 Å². The Morgan fingerprint density at radius 1 is 0.977 bits per heavy atom. The third kappa shape index (κ3) is 7.82. The van der Waals surface area contributed by atoms with Crippen molar-refractivity contribution < 1.29 is 40.3 Å². The Morgan fingerprint density at radius 3 is 2.33 bits per heavy atom. The lowest BCUT2D eigenvalue weighted by molar-refractivity contribution is -0.144. The van der Waals surface area contributed by atoms with Gasteiger partial charge in [0.05, 0.1) is 36.6 Å². The van der Waals surface area contributed by atoms with Crippen molar-refractivity contribution in [3.8, 4) is 0 Å². The zero-order valence-corrected chi connectivity index (χ0v) is 22.9. The SMILES string of the molecule is O=C(CCC(F)(F)F)N[C@@H](c1cnn2cc([C@@H](NC(=O)c3cccc(C(F)F)c3)C3CCC(F)(F)CC3)nc2c1)C1CC1. The molecule has 2 saturated carbocycles. The maximum atomic E-state index is 14.0. The van der Waals surface area contributed by atoms with Crippen molar-refractivity contribution in [3.63, 3.8) is 0 Å². The number of alkyl halides is 7. The Morgan fingerprint density at radius 2 is 1.67 bits per heavy atom. The van der Waals surface area contributed by atoms with Gasteiger partial charge in [-0.15, -0.1) is 0 Å². The lowest BCUT2D eigenvalue weighted by atomic mass is 9.81. The topological polar surface area (TPSA) is 88.4 Å². The number of carbonyl (C=O) groups is 2. The van der Waals surface area contributed by atoms with E-state index in [9.17, 15) is 40.3 Å². The fourth-order valence-corrected chi connectivity index (χ4v) is 5.50. The van der Waals surface area contributed by atoms with Crippen molar-refractivity contribution in [3.05, 3.63) is 65.1 Å². The Hall–Kier alpha value is -3.71. The van der Waals surface area contributed by atoms with Gasteiger partial charge in [0, 0.05) is 30.4 Å². The number of aromatic nitrogens is 3. The van der Waals surface area contributed by atoms with Gasteiger partial charge in [-0.05, 0) is 61.3 Å². The average molecular weight is 614 g/mol. The van der Waals surface area contributed by atoms with Crippen LogP contribution < -0.4 is 10.6 Å². The minimum absolute atomic E-state index is 0.0124. The molecule has 2 amide bonds. The molecule has 2 fully saturated rings. The maximum Gasteiger partial charge on any atom is 0.389 e. The van der Waals surface area contributed by atoms with Gasteiger partial charge in [0.1, 0.15) is 0 Å². The first kappa shape index (κ1) is 30.7. The van der Waals surface area contributed by atoms with Crippen LogP contribution in [0, 0.1) is 11.8 Å². The largest absolute Gasteiger partial charge is 0.389 e. The van der Waals surface area contributed by atoms with Gasteiger partial charge in [-0.25, -0.2) is 27.1 Å². The first-order valence-corrected chi connectivity index (χ1v) is 14.1. The van der Waals surface area contributed by atoms with Crippen LogP contribution in [0.15, 0.2) is 42.7 Å². The molecule has 1 aromatic carbocycles. The van der Waals surface area contributed by atoms with Gasteiger partial charge in [0.15, 0.2) is 5.65 Å². The maximum absolute atomic E-state index is 14.0. The number of nitrogens with one attached hydrogen (secondary N) is 2. The van der Waals surface area contributed by atoms with Crippen molar-refractivity contribution in [2.75, 3.05) is 0 Å². The number of rotatable bonds is 10. The molecule has 14 heteroatoms. The quantitative estimate of drug-likeness (QED) is 0.244. The molecule has 0 unspecified atom stereocenters. The molecular formula is C29H30F7N5O2. The molecule has 2 aliphatic carbocycles. The van der Waals surface area contributed by atoms with Crippen LogP contribution in [0.25, 0.3) is 5.65 Å². The Kier molecular flexibility index (Phi) is 8.66. The monoisotopic (exact) mass is 613 g/mol. The summed E-state index contributed by atoms with van der Waals surface area (Å²) in [6.45, 7) is 0. The van der Waals surface area contributed by atoms with E-state index in [1.54, 1.807) is 12.3 Å². The predicted molar refractivity (Wildman–Crippen MR) is 140 cm³/mol. The molecule has 0 saturated heterocycles. The van der Waals surface area contributed by atoms with E-state index in [0.717, 1.165) is 18.9 Å². The molecular weight excluding hydrogens is 583 g/mol. The number of nitrogens with zero attached hydrogens (tertiary/aromatic N) is 3. The highest BCUT2D eigenvalue weighted by Crippen LogP contribution is 2.43. The highest BCUT2D eigenvalue weighted by molar-refractivity contribution is 5.94. The fraction of sp³-hybridized carbons (Fsp3) is 0.517. The Labute approximate surface area is 242 Å². The summed E-state index contributed by atoms with van der Waals surface area (Å²) in [4.78, 5) is 30.0. The number of benzene rings is 1. The summed E-state index contributed by atoms with van der Waals surface area (Å²) >= 11 is 0. The molecule has 2 N–H and O–H groups in total. The number of halogens is 7. The smallest absolute Gasteiger partial charge is 0.349 e. The van der Waals surface area contributed by atoms with Crippen LogP contribution in [-0.2, 0) is 4.79 Å². The number of carbonyl (C=O) groups excluding carboxylic acids is 2. The van der Waals surface area contributed by atoms with E-state index in [1.807, 2.05) is 0 Å². The summed E-state index contributed by atoms with van der Waals surface area (Å²) in [6, 6.07) is 5.24. The third-order valence-corrected chi connectivity index (χ3v) is 8.00. The van der Waals surface area contributed by atoms with Crippen LogP contribution in [-0.4, -0.2) is 38.5 Å². The molecule has 232 valence electrons. The molecule has 5 rings (SSSR count). The number of fused-ring (bicyclic) bond motifs is 1. The third-order valence-electron chi connectivity index (χ3n) is 8.00. The first-order valence-electron chi connectivity index (χ1n) is 14.1. The van der Waals surface area contributed by atoms with Gasteiger partial charge in [0.25, 0.3) is 12.3 Å². The summed E-state index contributed by atoms with van der Waals surface area (Å²) in [7, 11) is 0. The molecule has 2 heterocycles. The molecule has 2 aromatic heterocycles. The number of amides is 2. The zero-order valence-electron chi connectivity index (χ0n) is 22.9. The van der Waals surface area contributed by atoms with E-state index in [-0.39, 0.29) is 42.7 Å². The fourth-order valence-electron chi connectivity index (χ4n) is 5.50. The standard InChI is InChI=1S/C29H30F7N5O2/c30-26(31)18-2-1-3-19(12-18)27(43)40-25(17-6-9-28(32,33)10-7-17)21-15-41-22(38-21)13-20(14-37-41)24(16-4-5-16)39-23(42)8-11-29(34,35)36/h1-3,12-17,24-26H,4-11H2,(H,39,42)(H,40,43)/t24-,25+/m1/s1. The molecule has 3 aromatic rings. The summed E-state index contributed by atoms with van der Waals surface area (Å²) in [5.74, 6) is -4.60. The van der Waals surface area contributed by atoms with Crippen LogP contribution in [0.5, 0.6) is 0 Å². The van der Waals surface area contributed by atoms with E-state index in [4.69, 9.17) is 0 Å². The van der Waals surface area contributed by atoms with E-state index in [2.05, 4.69) is 20.7 Å². The predicted octanol–water partition coefficient (Wildman–Crippen LogP) is 6.87. The second-order valence-corrected chi connectivity index (χ2v) is 11.3. The highest BCUT2D eigenvalue weighted by Gasteiger charge is 2.40. The normalized spacial score (nSPS) is 18.9. The van der Waals surface area contributed by atoms with Crippen molar-refractivity contribution in [2.45, 2.75) is 82.0 Å². The Bertz CT molecular complexity index is 1460. The molecule has 43 heavy (non-hydrogen) atoms. The van der Waals surface area contributed by atoms with E-state index in [1.165, 1.54) is 28.9 Å². The van der Waals surface area contributed by atoms with E-state index >= 15 is 0 Å². The van der Waals surface area contributed by atoms with Crippen LogP contribution in [0.3, 0.4) is 0 Å². The van der Waals surface area contributed by atoms with Gasteiger partial charge >= 0.3 is 6.18 Å². The molecule has 7 nitrogen and oxygen atoms in total. The van der Waals surface area contributed by atoms with E-state index in [0.29, 0.717) is 16.9 Å². The minimum Gasteiger partial charge on any atom is -0.349 e. The van der Waals surface area contributed by atoms with Gasteiger partial charge in [0.2, 0.25) is 11.8 Å². The van der Waals surface area contributed by atoms with Crippen molar-refractivity contribution in [1.82, 2.24) is 25.2 Å². The van der Waals surface area contributed by atoms with E-state index < -0.39 is 61.2 Å². The van der Waals surface area contributed by atoms with Crippen LogP contribution in [0.2, 0.25) is 0 Å². The van der Waals surface area contributed by atoms with Crippen molar-refractivity contribution in [2.24, 2.45) is 11.8 Å². The molecule has 0 spiro atoms.